The van der Waals surface area contributed by atoms with Gasteiger partial charge in [-0.05, 0) is 72.4 Å². The lowest BCUT2D eigenvalue weighted by Crippen LogP contribution is -2.48. The maximum atomic E-state index is 14.0. The Balaban J connectivity index is 1.35. The maximum absolute atomic E-state index is 14.0. The highest BCUT2D eigenvalue weighted by molar-refractivity contribution is 5.97. The van der Waals surface area contributed by atoms with Gasteiger partial charge in [-0.25, -0.2) is 0 Å². The summed E-state index contributed by atoms with van der Waals surface area (Å²) in [6.07, 6.45) is 7.33. The molecule has 43 heavy (non-hydrogen) atoms. The summed E-state index contributed by atoms with van der Waals surface area (Å²) in [6.45, 7) is 0.821. The van der Waals surface area contributed by atoms with Crippen molar-refractivity contribution in [2.75, 3.05) is 27.3 Å². The highest BCUT2D eigenvalue weighted by Gasteiger charge is 2.30. The van der Waals surface area contributed by atoms with Gasteiger partial charge < -0.3 is 23.7 Å². The molecule has 224 valence electrons. The molecule has 0 unspecified atom stereocenters. The largest absolute Gasteiger partial charge is 0.493 e. The quantitative estimate of drug-likeness (QED) is 0.180. The first-order valence-electron chi connectivity index (χ1n) is 15.0. The van der Waals surface area contributed by atoms with Crippen molar-refractivity contribution < 1.29 is 23.5 Å². The van der Waals surface area contributed by atoms with Crippen LogP contribution in [-0.2, 0) is 17.8 Å². The van der Waals surface area contributed by atoms with Gasteiger partial charge in [0.2, 0.25) is 5.91 Å². The lowest BCUT2D eigenvalue weighted by molar-refractivity contribution is -0.133. The number of hydrogen-bond acceptors (Lipinski definition) is 5. The first kappa shape index (κ1) is 30.0. The highest BCUT2D eigenvalue weighted by atomic mass is 16.5. The molecule has 1 aromatic heterocycles. The van der Waals surface area contributed by atoms with Crippen LogP contribution in [0, 0.1) is 0 Å². The van der Waals surface area contributed by atoms with Gasteiger partial charge in [-0.1, -0.05) is 67.8 Å². The number of furan rings is 1. The molecule has 5 rings (SSSR count). The minimum absolute atomic E-state index is 0.0244. The summed E-state index contributed by atoms with van der Waals surface area (Å²) in [5, 5.41) is 0. The van der Waals surface area contributed by atoms with E-state index in [-0.39, 0.29) is 24.4 Å². The summed E-state index contributed by atoms with van der Waals surface area (Å²) in [4.78, 5) is 31.6. The third-order valence-corrected chi connectivity index (χ3v) is 8.22. The van der Waals surface area contributed by atoms with Crippen LogP contribution in [0.2, 0.25) is 0 Å². The molecule has 0 atom stereocenters. The Labute approximate surface area is 254 Å². The summed E-state index contributed by atoms with van der Waals surface area (Å²) in [5.41, 5.74) is 3.77. The molecule has 1 fully saturated rings. The fourth-order valence-electron chi connectivity index (χ4n) is 5.79. The molecule has 3 aromatic carbocycles. The summed E-state index contributed by atoms with van der Waals surface area (Å²) in [5.74, 6) is 1.81. The zero-order valence-electron chi connectivity index (χ0n) is 25.0. The van der Waals surface area contributed by atoms with Crippen molar-refractivity contribution in [2.24, 2.45) is 0 Å². The number of rotatable bonds is 12. The number of carbonyl (C=O) groups excluding carboxylic acids is 2. The summed E-state index contributed by atoms with van der Waals surface area (Å²) in [7, 11) is 3.22. The molecule has 0 saturated heterocycles. The van der Waals surface area contributed by atoms with E-state index in [9.17, 15) is 9.59 Å². The predicted octanol–water partition coefficient (Wildman–Crippen LogP) is 7.01. The molecule has 4 aromatic rings. The average Bonchev–Trinajstić information content (AvgIpc) is 3.59. The van der Waals surface area contributed by atoms with Crippen LogP contribution in [0.5, 0.6) is 11.5 Å². The Morgan fingerprint density at radius 2 is 1.53 bits per heavy atom. The zero-order chi connectivity index (χ0) is 30.0. The predicted molar refractivity (Wildman–Crippen MR) is 167 cm³/mol. The number of methoxy groups -OCH3 is 2. The minimum atomic E-state index is -0.100. The Morgan fingerprint density at radius 3 is 2.21 bits per heavy atom. The van der Waals surface area contributed by atoms with E-state index in [0.717, 1.165) is 48.8 Å². The molecule has 7 heteroatoms. The van der Waals surface area contributed by atoms with Crippen LogP contribution in [-0.4, -0.2) is 55.0 Å². The fraction of sp³-hybridized carbons (Fsp3) is 0.333. The first-order chi connectivity index (χ1) is 21.1. The van der Waals surface area contributed by atoms with Crippen LogP contribution in [0.15, 0.2) is 95.6 Å². The van der Waals surface area contributed by atoms with Crippen LogP contribution in [0.4, 0.5) is 0 Å². The molecule has 0 radical (unpaired) electrons. The Morgan fingerprint density at radius 1 is 0.814 bits per heavy atom. The Hall–Kier alpha value is -4.52. The van der Waals surface area contributed by atoms with E-state index in [2.05, 4.69) is 12.1 Å². The van der Waals surface area contributed by atoms with Gasteiger partial charge >= 0.3 is 0 Å². The van der Waals surface area contributed by atoms with E-state index in [1.54, 1.807) is 25.4 Å². The molecule has 1 aliphatic carbocycles. The van der Waals surface area contributed by atoms with Gasteiger partial charge in [0, 0.05) is 18.2 Å². The van der Waals surface area contributed by atoms with E-state index >= 15 is 0 Å². The average molecular weight is 581 g/mol. The number of carbonyl (C=O) groups is 2. The van der Waals surface area contributed by atoms with E-state index in [1.807, 2.05) is 77.7 Å². The standard InChI is InChI=1S/C36H40N2O5/c1-41-33-20-15-27(24-34(33)42-2)21-22-37(25-32-14-9-23-43-32)35(39)26-38(31-12-7-4-8-13-31)36(40)30-18-16-29(17-19-30)28-10-5-3-6-11-28/h3,5-6,9-11,14-20,23-24,31H,4,7-8,12-13,21-22,25-26H2,1-2H3. The van der Waals surface area contributed by atoms with Crippen molar-refractivity contribution >= 4 is 11.8 Å². The third kappa shape index (κ3) is 7.66. The lowest BCUT2D eigenvalue weighted by Gasteiger charge is -2.35. The van der Waals surface area contributed by atoms with Crippen LogP contribution >= 0.6 is 0 Å². The van der Waals surface area contributed by atoms with Crippen LogP contribution in [0.25, 0.3) is 11.1 Å². The molecule has 7 nitrogen and oxygen atoms in total. The third-order valence-electron chi connectivity index (χ3n) is 8.22. The maximum Gasteiger partial charge on any atom is 0.254 e. The number of benzene rings is 3. The molecule has 2 amide bonds. The van der Waals surface area contributed by atoms with Gasteiger partial charge in [0.05, 0.1) is 27.0 Å². The van der Waals surface area contributed by atoms with Crippen molar-refractivity contribution in [3.63, 3.8) is 0 Å². The van der Waals surface area contributed by atoms with Crippen molar-refractivity contribution in [2.45, 2.75) is 51.1 Å². The number of amides is 2. The Kier molecular flexibility index (Phi) is 10.2. The molecule has 0 N–H and O–H groups in total. The zero-order valence-corrected chi connectivity index (χ0v) is 25.0. The highest BCUT2D eigenvalue weighted by Crippen LogP contribution is 2.28. The van der Waals surface area contributed by atoms with E-state index < -0.39 is 0 Å². The molecule has 0 bridgehead atoms. The molecule has 1 aliphatic rings. The van der Waals surface area contributed by atoms with Crippen molar-refractivity contribution in [3.8, 4) is 22.6 Å². The topological polar surface area (TPSA) is 72.2 Å². The molecule has 0 aliphatic heterocycles. The second kappa shape index (κ2) is 14.6. The molecular formula is C36H40N2O5. The van der Waals surface area contributed by atoms with Gasteiger partial charge in [0.1, 0.15) is 12.3 Å². The fourth-order valence-corrected chi connectivity index (χ4v) is 5.79. The molecular weight excluding hydrogens is 540 g/mol. The van der Waals surface area contributed by atoms with Crippen molar-refractivity contribution in [3.05, 3.63) is 108 Å². The van der Waals surface area contributed by atoms with Gasteiger partial charge in [0.25, 0.3) is 5.91 Å². The number of hydrogen-bond donors (Lipinski definition) is 0. The minimum Gasteiger partial charge on any atom is -0.493 e. The summed E-state index contributed by atoms with van der Waals surface area (Å²) < 4.78 is 16.5. The smallest absolute Gasteiger partial charge is 0.254 e. The van der Waals surface area contributed by atoms with Crippen molar-refractivity contribution in [1.29, 1.82) is 0 Å². The molecule has 1 saturated carbocycles. The normalized spacial score (nSPS) is 13.3. The monoisotopic (exact) mass is 580 g/mol. The second-order valence-corrected chi connectivity index (χ2v) is 11.0. The summed E-state index contributed by atoms with van der Waals surface area (Å²) >= 11 is 0. The van der Waals surface area contributed by atoms with E-state index in [1.165, 1.54) is 0 Å². The van der Waals surface area contributed by atoms with Gasteiger partial charge in [0.15, 0.2) is 11.5 Å². The Bertz CT molecular complexity index is 1460. The van der Waals surface area contributed by atoms with Crippen LogP contribution in [0.1, 0.15) is 53.8 Å². The van der Waals surface area contributed by atoms with Crippen LogP contribution < -0.4 is 9.47 Å². The van der Waals surface area contributed by atoms with Gasteiger partial charge in [-0.2, -0.15) is 0 Å². The van der Waals surface area contributed by atoms with Crippen LogP contribution in [0.3, 0.4) is 0 Å². The molecule has 1 heterocycles. The van der Waals surface area contributed by atoms with Gasteiger partial charge in [-0.15, -0.1) is 0 Å². The lowest BCUT2D eigenvalue weighted by atomic mass is 9.93. The number of ether oxygens (including phenoxy) is 2. The summed E-state index contributed by atoms with van der Waals surface area (Å²) in [6, 6.07) is 27.3. The van der Waals surface area contributed by atoms with Crippen molar-refractivity contribution in [1.82, 2.24) is 9.80 Å². The molecule has 0 spiro atoms. The SMILES string of the molecule is COc1ccc(CCN(Cc2ccco2)C(=O)CN(C(=O)c2ccc(-c3ccccc3)cc2)C2CCCCC2)cc1OC. The second-order valence-electron chi connectivity index (χ2n) is 11.0. The van der Waals surface area contributed by atoms with Gasteiger partial charge in [-0.3, -0.25) is 9.59 Å². The van der Waals surface area contributed by atoms with E-state index in [0.29, 0.717) is 42.3 Å². The number of nitrogens with zero attached hydrogens (tertiary/aromatic N) is 2. The van der Waals surface area contributed by atoms with E-state index in [4.69, 9.17) is 13.9 Å². The first-order valence-corrected chi connectivity index (χ1v) is 15.0.